The van der Waals surface area contributed by atoms with Crippen LogP contribution in [0.25, 0.3) is 11.5 Å². The number of nitrogens with two attached hydrogens (primary N) is 1. The number of rotatable bonds is 6. The molecule has 19 heavy (non-hydrogen) atoms. The first-order chi connectivity index (χ1) is 9.15. The Kier molecular flexibility index (Phi) is 4.73. The number of hydrogen-bond acceptors (Lipinski definition) is 6. The molecule has 1 atom stereocenters. The first-order valence-electron chi connectivity index (χ1n) is 6.20. The first kappa shape index (κ1) is 14.2. The summed E-state index contributed by atoms with van der Waals surface area (Å²) in [4.78, 5) is 6.53. The molecule has 0 aliphatic heterocycles. The van der Waals surface area contributed by atoms with Gasteiger partial charge in [-0.2, -0.15) is 4.98 Å². The molecule has 2 N–H and O–H groups in total. The van der Waals surface area contributed by atoms with Crippen molar-refractivity contribution < 1.29 is 8.94 Å². The minimum atomic E-state index is -0.261. The Hall–Kier alpha value is -1.18. The minimum Gasteiger partial charge on any atom is -0.457 e. The van der Waals surface area contributed by atoms with Crippen molar-refractivity contribution in [3.05, 3.63) is 22.8 Å². The second-order valence-electron chi connectivity index (χ2n) is 4.16. The van der Waals surface area contributed by atoms with Gasteiger partial charge in [-0.05, 0) is 35.1 Å². The molecular weight excluding hydrogens is 312 g/mol. The van der Waals surface area contributed by atoms with E-state index in [-0.39, 0.29) is 6.04 Å². The van der Waals surface area contributed by atoms with E-state index in [9.17, 15) is 0 Å². The van der Waals surface area contributed by atoms with E-state index >= 15 is 0 Å². The van der Waals surface area contributed by atoms with Gasteiger partial charge in [-0.3, -0.25) is 0 Å². The van der Waals surface area contributed by atoms with Gasteiger partial charge in [0.15, 0.2) is 10.5 Å². The number of hydrogen-bond donors (Lipinski definition) is 1. The summed E-state index contributed by atoms with van der Waals surface area (Å²) in [5, 5.41) is 3.93. The summed E-state index contributed by atoms with van der Waals surface area (Å²) in [7, 11) is 0. The summed E-state index contributed by atoms with van der Waals surface area (Å²) in [5.41, 5.74) is 6.82. The smallest absolute Gasteiger partial charge is 0.262 e. The molecule has 0 bridgehead atoms. The Bertz CT molecular complexity index is 521. The van der Waals surface area contributed by atoms with Crippen molar-refractivity contribution in [1.29, 1.82) is 0 Å². The number of halogens is 1. The Morgan fingerprint density at radius 2 is 2.16 bits per heavy atom. The molecule has 2 aromatic rings. The molecule has 0 saturated carbocycles. The van der Waals surface area contributed by atoms with Gasteiger partial charge in [-0.1, -0.05) is 19.0 Å². The number of aromatic nitrogens is 2. The van der Waals surface area contributed by atoms with Crippen LogP contribution in [-0.4, -0.2) is 34.7 Å². The third-order valence-electron chi connectivity index (χ3n) is 2.97. The van der Waals surface area contributed by atoms with E-state index in [0.717, 1.165) is 18.7 Å². The molecule has 0 aliphatic rings. The Morgan fingerprint density at radius 3 is 2.74 bits per heavy atom. The van der Waals surface area contributed by atoms with E-state index in [1.165, 1.54) is 0 Å². The lowest BCUT2D eigenvalue weighted by atomic mass is 10.2. The van der Waals surface area contributed by atoms with Crippen LogP contribution in [0.1, 0.15) is 25.7 Å². The first-order valence-corrected chi connectivity index (χ1v) is 6.99. The maximum atomic E-state index is 6.09. The fraction of sp³-hybridized carbons (Fsp3) is 0.500. The standard InChI is InChI=1S/C12H17BrN4O2/c1-3-17(4-2)7-9(14)11-15-12(19-16-11)8-5-6-18-10(8)13/h5-6,9H,3-4,7,14H2,1-2H3. The molecule has 6 nitrogen and oxygen atoms in total. The third-order valence-corrected chi connectivity index (χ3v) is 3.59. The largest absolute Gasteiger partial charge is 0.457 e. The van der Waals surface area contributed by atoms with E-state index < -0.39 is 0 Å². The van der Waals surface area contributed by atoms with Gasteiger partial charge in [0.2, 0.25) is 0 Å². The Labute approximate surface area is 120 Å². The highest BCUT2D eigenvalue weighted by atomic mass is 79.9. The SMILES string of the molecule is CCN(CC)CC(N)c1noc(-c2ccoc2Br)n1. The molecule has 2 heterocycles. The Morgan fingerprint density at radius 1 is 1.42 bits per heavy atom. The highest BCUT2D eigenvalue weighted by Crippen LogP contribution is 2.28. The van der Waals surface area contributed by atoms with E-state index in [2.05, 4.69) is 44.8 Å². The van der Waals surface area contributed by atoms with Gasteiger partial charge in [0.05, 0.1) is 17.9 Å². The molecule has 104 valence electrons. The summed E-state index contributed by atoms with van der Waals surface area (Å²) < 4.78 is 10.9. The summed E-state index contributed by atoms with van der Waals surface area (Å²) in [5.74, 6) is 0.917. The van der Waals surface area contributed by atoms with Crippen LogP contribution < -0.4 is 5.73 Å². The molecule has 0 spiro atoms. The van der Waals surface area contributed by atoms with Crippen LogP contribution in [0.2, 0.25) is 0 Å². The van der Waals surface area contributed by atoms with Crippen LogP contribution in [0.5, 0.6) is 0 Å². The normalized spacial score (nSPS) is 13.1. The van der Waals surface area contributed by atoms with Crippen molar-refractivity contribution in [2.45, 2.75) is 19.9 Å². The average molecular weight is 329 g/mol. The minimum absolute atomic E-state index is 0.261. The van der Waals surface area contributed by atoms with Crippen LogP contribution in [0.3, 0.4) is 0 Å². The quantitative estimate of drug-likeness (QED) is 0.877. The predicted octanol–water partition coefficient (Wildman–Crippen LogP) is 2.43. The lowest BCUT2D eigenvalue weighted by Crippen LogP contribution is -2.32. The zero-order valence-electron chi connectivity index (χ0n) is 11.0. The molecule has 1 unspecified atom stereocenters. The monoisotopic (exact) mass is 328 g/mol. The summed E-state index contributed by atoms with van der Waals surface area (Å²) in [6, 6.07) is 1.50. The molecule has 0 aromatic carbocycles. The highest BCUT2D eigenvalue weighted by molar-refractivity contribution is 9.10. The average Bonchev–Trinajstić information content (AvgIpc) is 3.03. The van der Waals surface area contributed by atoms with Crippen molar-refractivity contribution in [3.63, 3.8) is 0 Å². The third kappa shape index (κ3) is 3.23. The van der Waals surface area contributed by atoms with Gasteiger partial charge in [0, 0.05) is 6.54 Å². The summed E-state index contributed by atoms with van der Waals surface area (Å²) >= 11 is 3.28. The molecule has 0 aliphatic carbocycles. The molecule has 0 radical (unpaired) electrons. The zero-order chi connectivity index (χ0) is 13.8. The summed E-state index contributed by atoms with van der Waals surface area (Å²) in [6.07, 6.45) is 1.55. The van der Waals surface area contributed by atoms with E-state index in [1.807, 2.05) is 0 Å². The molecule has 2 aromatic heterocycles. The van der Waals surface area contributed by atoms with Gasteiger partial charge in [0.1, 0.15) is 0 Å². The van der Waals surface area contributed by atoms with Crippen LogP contribution >= 0.6 is 15.9 Å². The molecular formula is C12H17BrN4O2. The fourth-order valence-corrected chi connectivity index (χ4v) is 2.19. The maximum Gasteiger partial charge on any atom is 0.262 e. The second-order valence-corrected chi connectivity index (χ2v) is 4.88. The van der Waals surface area contributed by atoms with Gasteiger partial charge in [0.25, 0.3) is 5.89 Å². The predicted molar refractivity (Wildman–Crippen MR) is 74.4 cm³/mol. The van der Waals surface area contributed by atoms with E-state index in [1.54, 1.807) is 12.3 Å². The molecule has 7 heteroatoms. The van der Waals surface area contributed by atoms with Crippen molar-refractivity contribution in [2.75, 3.05) is 19.6 Å². The van der Waals surface area contributed by atoms with Gasteiger partial charge in [-0.25, -0.2) is 0 Å². The van der Waals surface area contributed by atoms with Crippen LogP contribution in [0.15, 0.2) is 25.9 Å². The molecule has 0 amide bonds. The zero-order valence-corrected chi connectivity index (χ0v) is 12.6. The van der Waals surface area contributed by atoms with Crippen molar-refractivity contribution >= 4 is 15.9 Å². The van der Waals surface area contributed by atoms with Gasteiger partial charge >= 0.3 is 0 Å². The summed E-state index contributed by atoms with van der Waals surface area (Å²) in [6.45, 7) is 6.80. The van der Waals surface area contributed by atoms with E-state index in [4.69, 9.17) is 14.7 Å². The van der Waals surface area contributed by atoms with E-state index in [0.29, 0.717) is 22.9 Å². The van der Waals surface area contributed by atoms with Gasteiger partial charge in [-0.15, -0.1) is 0 Å². The van der Waals surface area contributed by atoms with Crippen molar-refractivity contribution in [2.24, 2.45) is 5.73 Å². The van der Waals surface area contributed by atoms with Crippen LogP contribution in [-0.2, 0) is 0 Å². The van der Waals surface area contributed by atoms with Gasteiger partial charge < -0.3 is 19.6 Å². The lowest BCUT2D eigenvalue weighted by Gasteiger charge is -2.20. The molecule has 0 fully saturated rings. The lowest BCUT2D eigenvalue weighted by molar-refractivity contribution is 0.278. The van der Waals surface area contributed by atoms with Crippen molar-refractivity contribution in [1.82, 2.24) is 15.0 Å². The van der Waals surface area contributed by atoms with Crippen LogP contribution in [0.4, 0.5) is 0 Å². The fourth-order valence-electron chi connectivity index (χ4n) is 1.78. The topological polar surface area (TPSA) is 81.3 Å². The molecule has 2 rings (SSSR count). The molecule has 0 saturated heterocycles. The maximum absolute atomic E-state index is 6.09. The Balaban J connectivity index is 2.11. The second kappa shape index (κ2) is 6.31. The van der Waals surface area contributed by atoms with Crippen molar-refractivity contribution in [3.8, 4) is 11.5 Å². The number of likely N-dealkylation sites (N-methyl/N-ethyl adjacent to an activating group) is 1. The van der Waals surface area contributed by atoms with Crippen LogP contribution in [0, 0.1) is 0 Å². The highest BCUT2D eigenvalue weighted by Gasteiger charge is 2.19. The number of nitrogens with zero attached hydrogens (tertiary/aromatic N) is 3. The number of furan rings is 1.